The molecule has 2 heterocycles. The maximum absolute atomic E-state index is 12.6. The number of rotatable bonds is 7. The highest BCUT2D eigenvalue weighted by atomic mass is 35.5. The van der Waals surface area contributed by atoms with Crippen molar-refractivity contribution in [3.63, 3.8) is 0 Å². The lowest BCUT2D eigenvalue weighted by Gasteiger charge is -2.16. The lowest BCUT2D eigenvalue weighted by Crippen LogP contribution is -2.28. The summed E-state index contributed by atoms with van der Waals surface area (Å²) < 4.78 is 8.98. The molecule has 0 atom stereocenters. The maximum Gasteiger partial charge on any atom is 0.274 e. The minimum absolute atomic E-state index is 0.0864. The Morgan fingerprint density at radius 2 is 1.96 bits per heavy atom. The maximum atomic E-state index is 12.6. The highest BCUT2D eigenvalue weighted by Gasteiger charge is 2.17. The number of benzene rings is 1. The fraction of sp³-hybridized carbons (Fsp3) is 0.278. The summed E-state index contributed by atoms with van der Waals surface area (Å²) in [5.41, 5.74) is 1.29. The van der Waals surface area contributed by atoms with Gasteiger partial charge in [0.15, 0.2) is 18.2 Å². The topological polar surface area (TPSA) is 65.2 Å². The number of para-hydroxylation sites is 1. The molecular formula is C18H19Cl2N5O2. The number of hydrogen-bond acceptors (Lipinski definition) is 4. The van der Waals surface area contributed by atoms with Gasteiger partial charge in [-0.05, 0) is 31.2 Å². The van der Waals surface area contributed by atoms with Crippen LogP contribution in [0, 0.1) is 0 Å². The molecule has 7 nitrogen and oxygen atoms in total. The molecule has 0 fully saturated rings. The summed E-state index contributed by atoms with van der Waals surface area (Å²) in [6.45, 7) is 3.29. The minimum Gasteiger partial charge on any atom is -0.468 e. The molecule has 0 aliphatic rings. The van der Waals surface area contributed by atoms with Gasteiger partial charge in [0.1, 0.15) is 0 Å². The van der Waals surface area contributed by atoms with E-state index in [-0.39, 0.29) is 12.6 Å². The number of carbonyl (C=O) groups is 1. The molecule has 0 unspecified atom stereocenters. The summed E-state index contributed by atoms with van der Waals surface area (Å²) in [7, 11) is 1.73. The summed E-state index contributed by atoms with van der Waals surface area (Å²) in [5, 5.41) is 9.31. The van der Waals surface area contributed by atoms with Gasteiger partial charge in [-0.1, -0.05) is 29.3 Å². The zero-order valence-electron chi connectivity index (χ0n) is 15.0. The largest absolute Gasteiger partial charge is 0.468 e. The molecule has 0 aliphatic carbocycles. The molecular weight excluding hydrogens is 389 g/mol. The van der Waals surface area contributed by atoms with E-state index in [1.54, 1.807) is 48.6 Å². The van der Waals surface area contributed by atoms with Crippen LogP contribution in [0.15, 0.2) is 42.7 Å². The molecule has 1 amide bonds. The summed E-state index contributed by atoms with van der Waals surface area (Å²) >= 11 is 12.2. The summed E-state index contributed by atoms with van der Waals surface area (Å²) in [5.74, 6) is 0.197. The molecule has 0 saturated heterocycles. The van der Waals surface area contributed by atoms with E-state index >= 15 is 0 Å². The lowest BCUT2D eigenvalue weighted by atomic mass is 10.3. The van der Waals surface area contributed by atoms with Crippen molar-refractivity contribution in [3.8, 4) is 5.75 Å². The molecule has 0 aliphatic heterocycles. The van der Waals surface area contributed by atoms with Crippen molar-refractivity contribution in [2.24, 2.45) is 0 Å². The molecule has 0 bridgehead atoms. The van der Waals surface area contributed by atoms with Crippen LogP contribution in [0.1, 0.15) is 23.1 Å². The zero-order chi connectivity index (χ0) is 19.4. The van der Waals surface area contributed by atoms with E-state index in [1.807, 2.05) is 17.7 Å². The molecule has 3 rings (SSSR count). The van der Waals surface area contributed by atoms with Crippen LogP contribution in [0.2, 0.25) is 10.0 Å². The highest BCUT2D eigenvalue weighted by Crippen LogP contribution is 2.32. The predicted octanol–water partition coefficient (Wildman–Crippen LogP) is 3.72. The number of aryl methyl sites for hydroxylation is 1. The van der Waals surface area contributed by atoms with Crippen molar-refractivity contribution >= 4 is 29.1 Å². The average Bonchev–Trinajstić information content (AvgIpc) is 3.29. The van der Waals surface area contributed by atoms with E-state index in [0.717, 1.165) is 12.2 Å². The van der Waals surface area contributed by atoms with Crippen molar-refractivity contribution < 1.29 is 9.53 Å². The second-order valence-corrected chi connectivity index (χ2v) is 6.68. The van der Waals surface area contributed by atoms with Gasteiger partial charge in [-0.3, -0.25) is 9.48 Å². The van der Waals surface area contributed by atoms with Gasteiger partial charge >= 0.3 is 0 Å². The fourth-order valence-electron chi connectivity index (χ4n) is 2.59. The van der Waals surface area contributed by atoms with Crippen LogP contribution < -0.4 is 4.74 Å². The van der Waals surface area contributed by atoms with E-state index < -0.39 is 0 Å². The Kier molecular flexibility index (Phi) is 6.03. The Bertz CT molecular complexity index is 917. The fourth-order valence-corrected chi connectivity index (χ4v) is 3.09. The van der Waals surface area contributed by atoms with Gasteiger partial charge in [-0.2, -0.15) is 10.2 Å². The van der Waals surface area contributed by atoms with Gasteiger partial charge in [0.2, 0.25) is 0 Å². The van der Waals surface area contributed by atoms with E-state index in [2.05, 4.69) is 10.2 Å². The van der Waals surface area contributed by atoms with E-state index in [1.165, 1.54) is 4.68 Å². The van der Waals surface area contributed by atoms with Gasteiger partial charge in [0.25, 0.3) is 5.91 Å². The van der Waals surface area contributed by atoms with Gasteiger partial charge in [0.05, 0.1) is 22.3 Å². The first kappa shape index (κ1) is 19.3. The Labute approximate surface area is 167 Å². The molecule has 0 N–H and O–H groups in total. The number of aromatic nitrogens is 4. The molecule has 9 heteroatoms. The van der Waals surface area contributed by atoms with Crippen LogP contribution >= 0.6 is 23.2 Å². The van der Waals surface area contributed by atoms with Crippen LogP contribution in [0.4, 0.5) is 0 Å². The molecule has 0 spiro atoms. The Morgan fingerprint density at radius 1 is 1.22 bits per heavy atom. The number of ether oxygens (including phenoxy) is 1. The van der Waals surface area contributed by atoms with Crippen molar-refractivity contribution in [2.75, 3.05) is 7.05 Å². The number of halogens is 2. The predicted molar refractivity (Wildman–Crippen MR) is 103 cm³/mol. The second kappa shape index (κ2) is 8.45. The first-order valence-corrected chi connectivity index (χ1v) is 9.11. The second-order valence-electron chi connectivity index (χ2n) is 5.86. The van der Waals surface area contributed by atoms with Crippen LogP contribution in [0.25, 0.3) is 0 Å². The normalized spacial score (nSPS) is 10.8. The van der Waals surface area contributed by atoms with E-state index in [0.29, 0.717) is 28.0 Å². The molecule has 27 heavy (non-hydrogen) atoms. The molecule has 1 aromatic carbocycles. The van der Waals surface area contributed by atoms with E-state index in [4.69, 9.17) is 27.9 Å². The van der Waals surface area contributed by atoms with Crippen LogP contribution in [-0.4, -0.2) is 37.4 Å². The van der Waals surface area contributed by atoms with Gasteiger partial charge in [-0.15, -0.1) is 0 Å². The van der Waals surface area contributed by atoms with Gasteiger partial charge in [-0.25, -0.2) is 4.68 Å². The number of carbonyl (C=O) groups excluding carboxylic acids is 1. The molecule has 0 saturated carbocycles. The number of hydrogen-bond donors (Lipinski definition) is 0. The summed E-state index contributed by atoms with van der Waals surface area (Å²) in [4.78, 5) is 14.2. The Morgan fingerprint density at radius 3 is 2.67 bits per heavy atom. The van der Waals surface area contributed by atoms with Crippen molar-refractivity contribution in [1.82, 2.24) is 24.5 Å². The smallest absolute Gasteiger partial charge is 0.274 e. The third kappa shape index (κ3) is 4.43. The van der Waals surface area contributed by atoms with Crippen LogP contribution in [0.5, 0.6) is 5.75 Å². The zero-order valence-corrected chi connectivity index (χ0v) is 16.5. The monoisotopic (exact) mass is 407 g/mol. The standard InChI is InChI=1S/C18H19Cl2N5O2/c1-3-25-13(7-9-21-25)11-23(2)18(26)16-8-10-24(22-16)12-27-17-14(19)5-4-6-15(17)20/h4-10H,3,11-12H2,1-2H3. The summed E-state index contributed by atoms with van der Waals surface area (Å²) in [6.07, 6.45) is 3.39. The summed E-state index contributed by atoms with van der Waals surface area (Å²) in [6, 6.07) is 8.66. The molecule has 142 valence electrons. The third-order valence-corrected chi connectivity index (χ3v) is 4.57. The van der Waals surface area contributed by atoms with Crippen molar-refractivity contribution in [3.05, 3.63) is 64.2 Å². The first-order chi connectivity index (χ1) is 13.0. The van der Waals surface area contributed by atoms with Crippen molar-refractivity contribution in [1.29, 1.82) is 0 Å². The van der Waals surface area contributed by atoms with Crippen LogP contribution in [0.3, 0.4) is 0 Å². The quantitative estimate of drug-likeness (QED) is 0.598. The van der Waals surface area contributed by atoms with Gasteiger partial charge < -0.3 is 9.64 Å². The number of amides is 1. The SMILES string of the molecule is CCn1nccc1CN(C)C(=O)c1ccn(COc2c(Cl)cccc2Cl)n1. The minimum atomic E-state index is -0.187. The van der Waals surface area contributed by atoms with Crippen molar-refractivity contribution in [2.45, 2.75) is 26.7 Å². The first-order valence-electron chi connectivity index (χ1n) is 8.36. The van der Waals surface area contributed by atoms with Crippen LogP contribution in [-0.2, 0) is 19.8 Å². The molecule has 0 radical (unpaired) electrons. The molecule has 2 aromatic heterocycles. The average molecular weight is 408 g/mol. The lowest BCUT2D eigenvalue weighted by molar-refractivity contribution is 0.0773. The number of nitrogens with zero attached hydrogens (tertiary/aromatic N) is 5. The van der Waals surface area contributed by atoms with E-state index in [9.17, 15) is 4.79 Å². The third-order valence-electron chi connectivity index (χ3n) is 3.97. The highest BCUT2D eigenvalue weighted by molar-refractivity contribution is 6.37. The Hall–Kier alpha value is -2.51. The Balaban J connectivity index is 1.63. The molecule has 3 aromatic rings. The van der Waals surface area contributed by atoms with Gasteiger partial charge in [0, 0.05) is 26.0 Å².